The molecule has 12 heteroatoms. The van der Waals surface area contributed by atoms with E-state index in [4.69, 9.17) is 9.72 Å². The van der Waals surface area contributed by atoms with Gasteiger partial charge in [-0.1, -0.05) is 25.1 Å². The average molecular weight is 617 g/mol. The lowest BCUT2D eigenvalue weighted by molar-refractivity contribution is -0.124. The summed E-state index contributed by atoms with van der Waals surface area (Å²) in [5.74, 6) is -1.12. The van der Waals surface area contributed by atoms with Gasteiger partial charge < -0.3 is 10.1 Å². The molecule has 1 amide bonds. The third kappa shape index (κ3) is 6.71. The molecule has 2 aromatic carbocycles. The molecule has 0 saturated heterocycles. The molecule has 3 heterocycles. The van der Waals surface area contributed by atoms with Crippen molar-refractivity contribution < 1.29 is 22.7 Å². The molecule has 2 aromatic heterocycles. The predicted molar refractivity (Wildman–Crippen MR) is 168 cm³/mol. The molecular formula is C32H36N6O5S. The molecule has 2 N–H and O–H groups in total. The van der Waals surface area contributed by atoms with E-state index in [9.17, 15) is 18.0 Å². The summed E-state index contributed by atoms with van der Waals surface area (Å²) in [6.45, 7) is 10.9. The second kappa shape index (κ2) is 12.7. The first-order valence-electron chi connectivity index (χ1n) is 14.6. The summed E-state index contributed by atoms with van der Waals surface area (Å²) in [5.41, 5.74) is 4.48. The van der Waals surface area contributed by atoms with E-state index in [0.29, 0.717) is 46.1 Å². The molecular weight excluding hydrogens is 580 g/mol. The van der Waals surface area contributed by atoms with Crippen LogP contribution >= 0.6 is 0 Å². The van der Waals surface area contributed by atoms with Crippen LogP contribution in [0.1, 0.15) is 60.2 Å². The lowest BCUT2D eigenvalue weighted by Crippen LogP contribution is -2.38. The molecule has 1 aliphatic heterocycles. The zero-order valence-corrected chi connectivity index (χ0v) is 26.2. The zero-order chi connectivity index (χ0) is 31.6. The Hall–Kier alpha value is -4.42. The maximum atomic E-state index is 13.7. The highest BCUT2D eigenvalue weighted by Crippen LogP contribution is 2.30. The molecule has 11 nitrogen and oxygen atoms in total. The minimum absolute atomic E-state index is 0.0207. The van der Waals surface area contributed by atoms with Crippen LogP contribution in [0.3, 0.4) is 0 Å². The molecule has 0 aliphatic carbocycles. The van der Waals surface area contributed by atoms with Crippen LogP contribution in [0.15, 0.2) is 59.5 Å². The quantitative estimate of drug-likeness (QED) is 0.254. The molecule has 5 rings (SSSR count). The summed E-state index contributed by atoms with van der Waals surface area (Å²) < 4.78 is 34.0. The minimum atomic E-state index is -3.96. The second-order valence-corrected chi connectivity index (χ2v) is 12.8. The highest BCUT2D eigenvalue weighted by molar-refractivity contribution is 7.92. The number of rotatable bonds is 9. The van der Waals surface area contributed by atoms with E-state index in [0.717, 1.165) is 24.2 Å². The number of nitrogens with one attached hydrogen (secondary N) is 2. The van der Waals surface area contributed by atoms with Crippen molar-refractivity contribution in [3.63, 3.8) is 0 Å². The average Bonchev–Trinajstić information content (AvgIpc) is 2.97. The number of pyridine rings is 1. The molecule has 0 saturated carbocycles. The van der Waals surface area contributed by atoms with Gasteiger partial charge in [-0.25, -0.2) is 27.9 Å². The number of amides is 1. The van der Waals surface area contributed by atoms with Crippen molar-refractivity contribution in [2.75, 3.05) is 16.6 Å². The van der Waals surface area contributed by atoms with Crippen molar-refractivity contribution in [2.45, 2.75) is 71.0 Å². The van der Waals surface area contributed by atoms with Gasteiger partial charge in [0.1, 0.15) is 0 Å². The first kappa shape index (κ1) is 31.0. The number of anilines is 2. The second-order valence-electron chi connectivity index (χ2n) is 11.1. The molecule has 0 radical (unpaired) electrons. The van der Waals surface area contributed by atoms with E-state index >= 15 is 0 Å². The van der Waals surface area contributed by atoms with Gasteiger partial charge in [-0.15, -0.1) is 0 Å². The molecule has 4 aromatic rings. The lowest BCUT2D eigenvalue weighted by atomic mass is 9.95. The van der Waals surface area contributed by atoms with Gasteiger partial charge in [0.2, 0.25) is 5.95 Å². The van der Waals surface area contributed by atoms with Gasteiger partial charge in [-0.3, -0.25) is 14.7 Å². The Kier molecular flexibility index (Phi) is 8.93. The van der Waals surface area contributed by atoms with Crippen LogP contribution in [0.2, 0.25) is 0 Å². The van der Waals surface area contributed by atoms with Crippen LogP contribution in [0.5, 0.6) is 0 Å². The van der Waals surface area contributed by atoms with E-state index in [1.165, 1.54) is 24.3 Å². The molecule has 1 aliphatic rings. The van der Waals surface area contributed by atoms with Crippen molar-refractivity contribution in [1.29, 1.82) is 0 Å². The van der Waals surface area contributed by atoms with Gasteiger partial charge in [0.25, 0.3) is 15.9 Å². The molecule has 0 bridgehead atoms. The number of esters is 1. The van der Waals surface area contributed by atoms with Gasteiger partial charge in [-0.2, -0.15) is 0 Å². The number of carbonyl (C=O) groups is 2. The Labute approximate surface area is 257 Å². The smallest absolute Gasteiger partial charge is 0.340 e. The molecule has 230 valence electrons. The maximum absolute atomic E-state index is 13.7. The van der Waals surface area contributed by atoms with E-state index in [1.807, 2.05) is 24.3 Å². The van der Waals surface area contributed by atoms with Crippen LogP contribution in [0.4, 0.5) is 11.6 Å². The Morgan fingerprint density at radius 2 is 1.68 bits per heavy atom. The normalized spacial score (nSPS) is 14.2. The maximum Gasteiger partial charge on any atom is 0.340 e. The lowest BCUT2D eigenvalue weighted by Gasteiger charge is -2.32. The van der Waals surface area contributed by atoms with Crippen molar-refractivity contribution in [1.82, 2.24) is 19.9 Å². The van der Waals surface area contributed by atoms with Crippen molar-refractivity contribution in [2.24, 2.45) is 0 Å². The van der Waals surface area contributed by atoms with Crippen LogP contribution < -0.4 is 10.0 Å². The van der Waals surface area contributed by atoms with Gasteiger partial charge in [-0.05, 0) is 70.5 Å². The van der Waals surface area contributed by atoms with Gasteiger partial charge in [0.15, 0.2) is 6.10 Å². The third-order valence-corrected chi connectivity index (χ3v) is 8.91. The number of sulfonamides is 1. The zero-order valence-electron chi connectivity index (χ0n) is 25.4. The largest absolute Gasteiger partial charge is 0.449 e. The number of aromatic nitrogens is 3. The van der Waals surface area contributed by atoms with Crippen LogP contribution in [-0.4, -0.2) is 58.8 Å². The first-order valence-corrected chi connectivity index (χ1v) is 16.0. The third-order valence-electron chi connectivity index (χ3n) is 7.56. The van der Waals surface area contributed by atoms with Crippen LogP contribution in [-0.2, 0) is 32.5 Å². The number of benzene rings is 2. The highest BCUT2D eigenvalue weighted by atomic mass is 32.2. The summed E-state index contributed by atoms with van der Waals surface area (Å²) in [6.07, 6.45) is -0.107. The standard InChI is InChI=1S/C32H36N6O5S/c1-6-28(30(39)35-22-11-13-23(14-12-22)44(41,42)37-32-33-20(4)17-21(5)34-32)43-31(40)29-24-9-7-8-10-26(24)36-27-15-16-38(19(2)3)18-25(27)29/h7-14,17,19,28H,6,15-16,18H2,1-5H3,(H,35,39)(H,33,34,37). The molecule has 44 heavy (non-hydrogen) atoms. The number of hydrogen-bond acceptors (Lipinski definition) is 9. The number of ether oxygens (including phenoxy) is 1. The van der Waals surface area contributed by atoms with Gasteiger partial charge in [0, 0.05) is 59.3 Å². The summed E-state index contributed by atoms with van der Waals surface area (Å²) in [5, 5.41) is 3.43. The van der Waals surface area contributed by atoms with Crippen molar-refractivity contribution in [3.8, 4) is 0 Å². The van der Waals surface area contributed by atoms with E-state index in [2.05, 4.69) is 38.8 Å². The van der Waals surface area contributed by atoms with E-state index in [1.54, 1.807) is 26.8 Å². The van der Waals surface area contributed by atoms with Crippen LogP contribution in [0, 0.1) is 13.8 Å². The van der Waals surface area contributed by atoms with Crippen molar-refractivity contribution in [3.05, 3.63) is 82.8 Å². The van der Waals surface area contributed by atoms with E-state index in [-0.39, 0.29) is 17.3 Å². The van der Waals surface area contributed by atoms with E-state index < -0.39 is 28.0 Å². The van der Waals surface area contributed by atoms with Gasteiger partial charge in [0.05, 0.1) is 16.0 Å². The fraction of sp³-hybridized carbons (Fsp3) is 0.344. The SMILES string of the molecule is CCC(OC(=O)c1c2c(nc3ccccc13)CCN(C(C)C)C2)C(=O)Nc1ccc(S(=O)(=O)Nc2nc(C)cc(C)n2)cc1. The fourth-order valence-electron chi connectivity index (χ4n) is 5.29. The topological polar surface area (TPSA) is 143 Å². The fourth-order valence-corrected chi connectivity index (χ4v) is 6.23. The number of hydrogen-bond donors (Lipinski definition) is 2. The summed E-state index contributed by atoms with van der Waals surface area (Å²) in [7, 11) is -3.96. The molecule has 0 fully saturated rings. The van der Waals surface area contributed by atoms with Crippen LogP contribution in [0.25, 0.3) is 10.9 Å². The number of aryl methyl sites for hydroxylation is 2. The molecule has 0 spiro atoms. The summed E-state index contributed by atoms with van der Waals surface area (Å²) in [6, 6.07) is 15.2. The summed E-state index contributed by atoms with van der Waals surface area (Å²) >= 11 is 0. The predicted octanol–water partition coefficient (Wildman–Crippen LogP) is 4.78. The Bertz CT molecular complexity index is 1810. The Balaban J connectivity index is 1.32. The summed E-state index contributed by atoms with van der Waals surface area (Å²) in [4.78, 5) is 42.3. The number of carbonyl (C=O) groups excluding carboxylic acids is 2. The number of para-hydroxylation sites is 1. The highest BCUT2D eigenvalue weighted by Gasteiger charge is 2.30. The Morgan fingerprint density at radius 3 is 2.34 bits per heavy atom. The number of nitrogens with zero attached hydrogens (tertiary/aromatic N) is 4. The van der Waals surface area contributed by atoms with Crippen molar-refractivity contribution >= 4 is 44.4 Å². The Morgan fingerprint density at radius 1 is 1.00 bits per heavy atom. The van der Waals surface area contributed by atoms with Gasteiger partial charge >= 0.3 is 5.97 Å². The number of fused-ring (bicyclic) bond motifs is 2. The monoisotopic (exact) mass is 616 g/mol. The first-order chi connectivity index (χ1) is 20.9. The molecule has 1 unspecified atom stereocenters. The molecule has 1 atom stereocenters. The minimum Gasteiger partial charge on any atom is -0.449 e.